The zero-order chi connectivity index (χ0) is 20.8. The molecule has 0 aliphatic heterocycles. The summed E-state index contributed by atoms with van der Waals surface area (Å²) < 4.78 is 10.6. The van der Waals surface area contributed by atoms with Crippen LogP contribution in [-0.4, -0.2) is 36.6 Å². The predicted molar refractivity (Wildman–Crippen MR) is 113 cm³/mol. The molecule has 1 heterocycles. The smallest absolute Gasteiger partial charge is 0.277 e. The van der Waals surface area contributed by atoms with Gasteiger partial charge in [-0.1, -0.05) is 12.1 Å². The first-order valence-corrected chi connectivity index (χ1v) is 9.25. The van der Waals surface area contributed by atoms with E-state index in [0.717, 1.165) is 16.9 Å². The second-order valence-electron chi connectivity index (χ2n) is 6.37. The second kappa shape index (κ2) is 9.05. The maximum Gasteiger partial charge on any atom is 0.277 e. The highest BCUT2D eigenvalue weighted by molar-refractivity contribution is 6.05. The van der Waals surface area contributed by atoms with Crippen molar-refractivity contribution in [2.45, 2.75) is 13.8 Å². The fourth-order valence-corrected chi connectivity index (χ4v) is 2.98. The number of methoxy groups -OCH3 is 2. The minimum atomic E-state index is -0.184. The van der Waals surface area contributed by atoms with Crippen LogP contribution in [0.15, 0.2) is 54.9 Å². The number of anilines is 3. The van der Waals surface area contributed by atoms with Gasteiger partial charge in [0.05, 0.1) is 14.2 Å². The third-order valence-electron chi connectivity index (χ3n) is 4.42. The SMILES string of the molecule is CCN(C(=O)c1cc(Nc2ccc(OC)c(OC)c2)ncn1)c1cccc(C)c1. The molecule has 7 nitrogen and oxygen atoms in total. The highest BCUT2D eigenvalue weighted by Gasteiger charge is 2.18. The zero-order valence-corrected chi connectivity index (χ0v) is 17.0. The Bertz CT molecular complexity index is 1010. The summed E-state index contributed by atoms with van der Waals surface area (Å²) in [6.07, 6.45) is 1.38. The normalized spacial score (nSPS) is 10.3. The monoisotopic (exact) mass is 392 g/mol. The van der Waals surface area contributed by atoms with Crippen molar-refractivity contribution in [2.24, 2.45) is 0 Å². The first-order chi connectivity index (χ1) is 14.0. The van der Waals surface area contributed by atoms with E-state index in [1.54, 1.807) is 37.3 Å². The molecule has 1 aromatic heterocycles. The van der Waals surface area contributed by atoms with E-state index in [-0.39, 0.29) is 5.91 Å². The van der Waals surface area contributed by atoms with Crippen molar-refractivity contribution in [3.63, 3.8) is 0 Å². The molecule has 2 aromatic carbocycles. The standard InChI is InChI=1S/C22H24N4O3/c1-5-26(17-8-6-7-15(2)11-17)22(27)18-13-21(24-14-23-18)25-16-9-10-19(28-3)20(12-16)29-4/h6-14H,5H2,1-4H3,(H,23,24,25). The first kappa shape index (κ1) is 20.1. The van der Waals surface area contributed by atoms with Crippen molar-refractivity contribution in [3.05, 3.63) is 66.1 Å². The molecule has 3 rings (SSSR count). The van der Waals surface area contributed by atoms with Crippen molar-refractivity contribution in [1.82, 2.24) is 9.97 Å². The lowest BCUT2D eigenvalue weighted by molar-refractivity contribution is 0.0983. The topological polar surface area (TPSA) is 76.6 Å². The average molecular weight is 392 g/mol. The number of carbonyl (C=O) groups is 1. The van der Waals surface area contributed by atoms with Crippen LogP contribution in [0.25, 0.3) is 0 Å². The number of rotatable bonds is 7. The van der Waals surface area contributed by atoms with Gasteiger partial charge in [0, 0.05) is 30.1 Å². The van der Waals surface area contributed by atoms with E-state index in [1.807, 2.05) is 44.2 Å². The molecular formula is C22H24N4O3. The summed E-state index contributed by atoms with van der Waals surface area (Å²) in [7, 11) is 3.16. The fraction of sp³-hybridized carbons (Fsp3) is 0.227. The zero-order valence-electron chi connectivity index (χ0n) is 17.0. The maximum atomic E-state index is 13.0. The molecule has 0 spiro atoms. The summed E-state index contributed by atoms with van der Waals surface area (Å²) in [5, 5.41) is 3.17. The number of carbonyl (C=O) groups excluding carboxylic acids is 1. The molecular weight excluding hydrogens is 368 g/mol. The number of ether oxygens (including phenoxy) is 2. The average Bonchev–Trinajstić information content (AvgIpc) is 2.74. The number of hydrogen-bond acceptors (Lipinski definition) is 6. The number of benzene rings is 2. The van der Waals surface area contributed by atoms with Gasteiger partial charge in [-0.15, -0.1) is 0 Å². The van der Waals surface area contributed by atoms with E-state index in [4.69, 9.17) is 9.47 Å². The van der Waals surface area contributed by atoms with E-state index in [2.05, 4.69) is 15.3 Å². The summed E-state index contributed by atoms with van der Waals surface area (Å²) in [6.45, 7) is 4.46. The maximum absolute atomic E-state index is 13.0. The molecule has 0 atom stereocenters. The van der Waals surface area contributed by atoms with Crippen molar-refractivity contribution in [1.29, 1.82) is 0 Å². The number of amides is 1. The molecule has 7 heteroatoms. The van der Waals surface area contributed by atoms with Crippen molar-refractivity contribution >= 4 is 23.1 Å². The minimum Gasteiger partial charge on any atom is -0.493 e. The van der Waals surface area contributed by atoms with E-state index in [0.29, 0.717) is 29.6 Å². The van der Waals surface area contributed by atoms with E-state index in [1.165, 1.54) is 6.33 Å². The summed E-state index contributed by atoms with van der Waals surface area (Å²) in [5.41, 5.74) is 3.00. The van der Waals surface area contributed by atoms with Crippen LogP contribution in [0.4, 0.5) is 17.2 Å². The minimum absolute atomic E-state index is 0.184. The Labute approximate surface area is 170 Å². The molecule has 3 aromatic rings. The van der Waals surface area contributed by atoms with Crippen LogP contribution in [-0.2, 0) is 0 Å². The molecule has 0 aliphatic carbocycles. The number of nitrogens with one attached hydrogen (secondary N) is 1. The fourth-order valence-electron chi connectivity index (χ4n) is 2.98. The van der Waals surface area contributed by atoms with Gasteiger partial charge in [-0.3, -0.25) is 4.79 Å². The van der Waals surface area contributed by atoms with E-state index >= 15 is 0 Å². The lowest BCUT2D eigenvalue weighted by Crippen LogP contribution is -2.31. The Balaban J connectivity index is 1.84. The Morgan fingerprint density at radius 3 is 2.52 bits per heavy atom. The molecule has 0 saturated heterocycles. The Morgan fingerprint density at radius 2 is 1.83 bits per heavy atom. The van der Waals surface area contributed by atoms with Gasteiger partial charge in [0.1, 0.15) is 17.8 Å². The highest BCUT2D eigenvalue weighted by Crippen LogP contribution is 2.31. The molecule has 0 radical (unpaired) electrons. The van der Waals surface area contributed by atoms with Crippen LogP contribution in [0.5, 0.6) is 11.5 Å². The molecule has 0 fully saturated rings. The molecule has 0 saturated carbocycles. The summed E-state index contributed by atoms with van der Waals surface area (Å²) in [4.78, 5) is 23.1. The molecule has 0 unspecified atom stereocenters. The second-order valence-corrected chi connectivity index (χ2v) is 6.37. The van der Waals surface area contributed by atoms with Crippen molar-refractivity contribution < 1.29 is 14.3 Å². The molecule has 1 N–H and O–H groups in total. The number of hydrogen-bond donors (Lipinski definition) is 1. The Kier molecular flexibility index (Phi) is 6.29. The summed E-state index contributed by atoms with van der Waals surface area (Å²) >= 11 is 0. The molecule has 0 aliphatic rings. The first-order valence-electron chi connectivity index (χ1n) is 9.25. The van der Waals surface area contributed by atoms with Crippen LogP contribution in [0, 0.1) is 6.92 Å². The molecule has 0 bridgehead atoms. The van der Waals surface area contributed by atoms with E-state index < -0.39 is 0 Å². The van der Waals surface area contributed by atoms with Gasteiger partial charge >= 0.3 is 0 Å². The lowest BCUT2D eigenvalue weighted by atomic mass is 10.2. The Hall–Kier alpha value is -3.61. The van der Waals surface area contributed by atoms with E-state index in [9.17, 15) is 4.79 Å². The van der Waals surface area contributed by atoms with Gasteiger partial charge in [0.15, 0.2) is 11.5 Å². The van der Waals surface area contributed by atoms with Crippen LogP contribution < -0.4 is 19.7 Å². The van der Waals surface area contributed by atoms with Gasteiger partial charge in [0.25, 0.3) is 5.91 Å². The molecule has 29 heavy (non-hydrogen) atoms. The third kappa shape index (κ3) is 4.63. The van der Waals surface area contributed by atoms with Gasteiger partial charge < -0.3 is 19.7 Å². The largest absolute Gasteiger partial charge is 0.493 e. The van der Waals surface area contributed by atoms with Crippen LogP contribution in [0.2, 0.25) is 0 Å². The number of aryl methyl sites for hydroxylation is 1. The highest BCUT2D eigenvalue weighted by atomic mass is 16.5. The Morgan fingerprint density at radius 1 is 1.03 bits per heavy atom. The summed E-state index contributed by atoms with van der Waals surface area (Å²) in [5.74, 6) is 1.56. The van der Waals surface area contributed by atoms with Gasteiger partial charge in [-0.2, -0.15) is 0 Å². The van der Waals surface area contributed by atoms with Gasteiger partial charge in [-0.25, -0.2) is 9.97 Å². The van der Waals surface area contributed by atoms with Gasteiger partial charge in [0.2, 0.25) is 0 Å². The number of nitrogens with zero attached hydrogens (tertiary/aromatic N) is 3. The molecule has 150 valence electrons. The number of aromatic nitrogens is 2. The van der Waals surface area contributed by atoms with Crippen LogP contribution in [0.3, 0.4) is 0 Å². The van der Waals surface area contributed by atoms with Gasteiger partial charge in [-0.05, 0) is 43.7 Å². The predicted octanol–water partition coefficient (Wildman–Crippen LogP) is 4.21. The van der Waals surface area contributed by atoms with Crippen molar-refractivity contribution in [2.75, 3.05) is 31.0 Å². The van der Waals surface area contributed by atoms with Crippen LogP contribution in [0.1, 0.15) is 23.0 Å². The quantitative estimate of drug-likeness (QED) is 0.649. The van der Waals surface area contributed by atoms with Crippen molar-refractivity contribution in [3.8, 4) is 11.5 Å². The lowest BCUT2D eigenvalue weighted by Gasteiger charge is -2.21. The summed E-state index contributed by atoms with van der Waals surface area (Å²) in [6, 6.07) is 14.9. The van der Waals surface area contributed by atoms with Crippen LogP contribution >= 0.6 is 0 Å². The molecule has 1 amide bonds. The third-order valence-corrected chi connectivity index (χ3v) is 4.42.